The first-order valence-corrected chi connectivity index (χ1v) is 7.12. The SMILES string of the molecule is CNCc1cccc(F)c1OCc1cn2ccsc2n1. The van der Waals surface area contributed by atoms with Gasteiger partial charge in [0.25, 0.3) is 0 Å². The molecule has 104 valence electrons. The molecule has 0 saturated carbocycles. The predicted molar refractivity (Wildman–Crippen MR) is 76.6 cm³/mol. The van der Waals surface area contributed by atoms with Gasteiger partial charge in [0, 0.05) is 29.9 Å². The summed E-state index contributed by atoms with van der Waals surface area (Å²) in [4.78, 5) is 5.32. The molecule has 1 aromatic carbocycles. The third-order valence-electron chi connectivity index (χ3n) is 2.92. The molecule has 3 aromatic rings. The molecule has 1 N–H and O–H groups in total. The van der Waals surface area contributed by atoms with Crippen molar-refractivity contribution in [3.05, 3.63) is 53.0 Å². The van der Waals surface area contributed by atoms with Gasteiger partial charge in [0.1, 0.15) is 6.61 Å². The molecule has 0 bridgehead atoms. The smallest absolute Gasteiger partial charge is 0.193 e. The third kappa shape index (κ3) is 2.52. The van der Waals surface area contributed by atoms with Gasteiger partial charge in [-0.3, -0.25) is 4.40 Å². The van der Waals surface area contributed by atoms with Crippen LogP contribution >= 0.6 is 11.3 Å². The highest BCUT2D eigenvalue weighted by Gasteiger charge is 2.11. The standard InChI is InChI=1S/C14H14FN3OS/c1-16-7-10-3-2-4-12(15)13(10)19-9-11-8-18-5-6-20-14(18)17-11/h2-6,8,16H,7,9H2,1H3. The number of hydrogen-bond acceptors (Lipinski definition) is 4. The molecule has 2 aromatic heterocycles. The molecule has 20 heavy (non-hydrogen) atoms. The van der Waals surface area contributed by atoms with E-state index in [0.29, 0.717) is 12.3 Å². The monoisotopic (exact) mass is 291 g/mol. The minimum absolute atomic E-state index is 0.256. The van der Waals surface area contributed by atoms with Crippen LogP contribution in [0.1, 0.15) is 11.3 Å². The van der Waals surface area contributed by atoms with Crippen LogP contribution in [0.25, 0.3) is 4.96 Å². The fourth-order valence-corrected chi connectivity index (χ4v) is 2.76. The molecule has 0 unspecified atom stereocenters. The average molecular weight is 291 g/mol. The van der Waals surface area contributed by atoms with E-state index < -0.39 is 0 Å². The molecule has 0 aliphatic carbocycles. The Morgan fingerprint density at radius 1 is 1.45 bits per heavy atom. The van der Waals surface area contributed by atoms with Crippen LogP contribution in [-0.2, 0) is 13.2 Å². The molecule has 0 aliphatic heterocycles. The minimum atomic E-state index is -0.348. The number of ether oxygens (including phenoxy) is 1. The Bertz CT molecular complexity index is 694. The summed E-state index contributed by atoms with van der Waals surface area (Å²) in [6.45, 7) is 0.817. The summed E-state index contributed by atoms with van der Waals surface area (Å²) in [6, 6.07) is 4.93. The van der Waals surface area contributed by atoms with Crippen molar-refractivity contribution in [2.45, 2.75) is 13.2 Å². The molecule has 2 heterocycles. The van der Waals surface area contributed by atoms with Crippen molar-refractivity contribution in [1.29, 1.82) is 0 Å². The molecule has 3 rings (SSSR count). The van der Waals surface area contributed by atoms with Gasteiger partial charge in [-0.2, -0.15) is 0 Å². The van der Waals surface area contributed by atoms with Crippen LogP contribution in [0.2, 0.25) is 0 Å². The van der Waals surface area contributed by atoms with E-state index in [2.05, 4.69) is 10.3 Å². The number of nitrogens with zero attached hydrogens (tertiary/aromatic N) is 2. The maximum Gasteiger partial charge on any atom is 0.193 e. The molecule has 4 nitrogen and oxygen atoms in total. The Morgan fingerprint density at radius 2 is 2.35 bits per heavy atom. The number of imidazole rings is 1. The van der Waals surface area contributed by atoms with Gasteiger partial charge in [-0.05, 0) is 13.1 Å². The Labute approximate surface area is 119 Å². The molecule has 6 heteroatoms. The highest BCUT2D eigenvalue weighted by atomic mass is 32.1. The number of hydrogen-bond donors (Lipinski definition) is 1. The maximum atomic E-state index is 13.8. The maximum absolute atomic E-state index is 13.8. The highest BCUT2D eigenvalue weighted by Crippen LogP contribution is 2.24. The summed E-state index contributed by atoms with van der Waals surface area (Å²) in [5.41, 5.74) is 1.59. The second-order valence-electron chi connectivity index (χ2n) is 4.37. The molecule has 0 amide bonds. The zero-order chi connectivity index (χ0) is 13.9. The zero-order valence-corrected chi connectivity index (χ0v) is 11.8. The molecular formula is C14H14FN3OS. The van der Waals surface area contributed by atoms with E-state index in [-0.39, 0.29) is 12.4 Å². The van der Waals surface area contributed by atoms with Crippen LogP contribution in [0.4, 0.5) is 4.39 Å². The molecule has 0 spiro atoms. The molecule has 0 aliphatic rings. The quantitative estimate of drug-likeness (QED) is 0.785. The normalized spacial score (nSPS) is 11.1. The number of halogens is 1. The summed E-state index contributed by atoms with van der Waals surface area (Å²) in [7, 11) is 1.82. The van der Waals surface area contributed by atoms with E-state index in [1.54, 1.807) is 17.4 Å². The lowest BCUT2D eigenvalue weighted by molar-refractivity contribution is 0.282. The van der Waals surface area contributed by atoms with Crippen molar-refractivity contribution < 1.29 is 9.13 Å². The van der Waals surface area contributed by atoms with Crippen LogP contribution in [0.5, 0.6) is 5.75 Å². The van der Waals surface area contributed by atoms with Crippen molar-refractivity contribution in [1.82, 2.24) is 14.7 Å². The van der Waals surface area contributed by atoms with E-state index >= 15 is 0 Å². The summed E-state index contributed by atoms with van der Waals surface area (Å²) in [6.07, 6.45) is 3.83. The van der Waals surface area contributed by atoms with Gasteiger partial charge in [-0.25, -0.2) is 9.37 Å². The van der Waals surface area contributed by atoms with Crippen LogP contribution in [0.15, 0.2) is 36.0 Å². The third-order valence-corrected chi connectivity index (χ3v) is 3.69. The Hall–Kier alpha value is -1.92. The number of aromatic nitrogens is 2. The van der Waals surface area contributed by atoms with Gasteiger partial charge < -0.3 is 10.1 Å². The number of rotatable bonds is 5. The van der Waals surface area contributed by atoms with E-state index in [9.17, 15) is 4.39 Å². The van der Waals surface area contributed by atoms with Crippen LogP contribution in [0, 0.1) is 5.82 Å². The van der Waals surface area contributed by atoms with Crippen LogP contribution in [0.3, 0.4) is 0 Å². The number of fused-ring (bicyclic) bond motifs is 1. The van der Waals surface area contributed by atoms with Crippen molar-refractivity contribution in [2.75, 3.05) is 7.05 Å². The number of thiazole rings is 1. The van der Waals surface area contributed by atoms with Gasteiger partial charge in [0.15, 0.2) is 16.5 Å². The topological polar surface area (TPSA) is 38.6 Å². The van der Waals surface area contributed by atoms with E-state index in [4.69, 9.17) is 4.74 Å². The predicted octanol–water partition coefficient (Wildman–Crippen LogP) is 2.83. The lowest BCUT2D eigenvalue weighted by Crippen LogP contribution is -2.08. The number of benzene rings is 1. The van der Waals surface area contributed by atoms with Crippen molar-refractivity contribution in [3.8, 4) is 5.75 Å². The van der Waals surface area contributed by atoms with Crippen LogP contribution < -0.4 is 10.1 Å². The highest BCUT2D eigenvalue weighted by molar-refractivity contribution is 7.15. The summed E-state index contributed by atoms with van der Waals surface area (Å²) < 4.78 is 21.4. The lowest BCUT2D eigenvalue weighted by Gasteiger charge is -2.11. The molecule has 0 saturated heterocycles. The number of nitrogens with one attached hydrogen (secondary N) is 1. The summed E-state index contributed by atoms with van der Waals surface area (Å²) in [5, 5.41) is 4.97. The second-order valence-corrected chi connectivity index (χ2v) is 5.25. The van der Waals surface area contributed by atoms with E-state index in [1.165, 1.54) is 6.07 Å². The molecular weight excluding hydrogens is 277 g/mol. The first kappa shape index (κ1) is 13.1. The minimum Gasteiger partial charge on any atom is -0.484 e. The summed E-state index contributed by atoms with van der Waals surface area (Å²) >= 11 is 1.56. The second kappa shape index (κ2) is 5.60. The zero-order valence-electron chi connectivity index (χ0n) is 11.0. The van der Waals surface area contributed by atoms with Gasteiger partial charge in [-0.1, -0.05) is 12.1 Å². The van der Waals surface area contributed by atoms with Crippen molar-refractivity contribution in [2.24, 2.45) is 0 Å². The molecule has 0 fully saturated rings. The van der Waals surface area contributed by atoms with Gasteiger partial charge in [0.2, 0.25) is 0 Å². The molecule has 0 radical (unpaired) electrons. The largest absolute Gasteiger partial charge is 0.484 e. The Balaban J connectivity index is 1.79. The lowest BCUT2D eigenvalue weighted by atomic mass is 10.2. The summed E-state index contributed by atoms with van der Waals surface area (Å²) in [5.74, 6) is -0.0584. The van der Waals surface area contributed by atoms with Gasteiger partial charge in [-0.15, -0.1) is 11.3 Å². The van der Waals surface area contributed by atoms with E-state index in [0.717, 1.165) is 16.2 Å². The number of para-hydroxylation sites is 1. The van der Waals surface area contributed by atoms with Gasteiger partial charge in [0.05, 0.1) is 5.69 Å². The Kier molecular flexibility index (Phi) is 3.66. The average Bonchev–Trinajstić information content (AvgIpc) is 2.99. The van der Waals surface area contributed by atoms with Crippen molar-refractivity contribution in [3.63, 3.8) is 0 Å². The first-order valence-electron chi connectivity index (χ1n) is 6.24. The van der Waals surface area contributed by atoms with E-state index in [1.807, 2.05) is 35.3 Å². The Morgan fingerprint density at radius 3 is 3.15 bits per heavy atom. The molecule has 0 atom stereocenters. The van der Waals surface area contributed by atoms with Crippen molar-refractivity contribution >= 4 is 16.3 Å². The fraction of sp³-hybridized carbons (Fsp3) is 0.214. The fourth-order valence-electron chi connectivity index (χ4n) is 2.04. The van der Waals surface area contributed by atoms with Gasteiger partial charge >= 0.3 is 0 Å². The first-order chi connectivity index (χ1) is 9.78. The van der Waals surface area contributed by atoms with Crippen LogP contribution in [-0.4, -0.2) is 16.4 Å².